The van der Waals surface area contributed by atoms with E-state index in [1.807, 2.05) is 11.9 Å². The minimum absolute atomic E-state index is 0.0502. The number of hydrogen-bond donors (Lipinski definition) is 0. The number of rotatable bonds is 1. The van der Waals surface area contributed by atoms with Crippen LogP contribution in [0, 0.1) is 0 Å². The number of hydrogen-bond acceptors (Lipinski definition) is 4. The molecule has 1 aliphatic heterocycles. The minimum Gasteiger partial charge on any atom is -0.345 e. The standard InChI is InChI=1S/C11H15BrF3N3S/c1-6-4-18(5-7(2)17(6)3)10-16-8(9(12)19-10)11(13,14)15/h6-7H,4-5H2,1-3H3/t6-,7+. The van der Waals surface area contributed by atoms with Gasteiger partial charge in [0.05, 0.1) is 0 Å². The first-order valence-corrected chi connectivity index (χ1v) is 7.51. The van der Waals surface area contributed by atoms with Gasteiger partial charge >= 0.3 is 6.18 Å². The quantitative estimate of drug-likeness (QED) is 0.767. The number of likely N-dealkylation sites (N-methyl/N-ethyl adjacent to an activating group) is 1. The van der Waals surface area contributed by atoms with Crippen molar-refractivity contribution in [2.75, 3.05) is 25.0 Å². The van der Waals surface area contributed by atoms with Crippen LogP contribution in [0.3, 0.4) is 0 Å². The molecule has 2 rings (SSSR count). The molecule has 3 nitrogen and oxygen atoms in total. The van der Waals surface area contributed by atoms with E-state index in [1.165, 1.54) is 0 Å². The molecule has 1 aromatic heterocycles. The maximum atomic E-state index is 12.7. The summed E-state index contributed by atoms with van der Waals surface area (Å²) in [5, 5.41) is 0.436. The highest BCUT2D eigenvalue weighted by Gasteiger charge is 2.38. The number of aromatic nitrogens is 1. The van der Waals surface area contributed by atoms with E-state index < -0.39 is 11.9 Å². The Bertz CT molecular complexity index is 451. The highest BCUT2D eigenvalue weighted by Crippen LogP contribution is 2.40. The third-order valence-electron chi connectivity index (χ3n) is 3.47. The highest BCUT2D eigenvalue weighted by atomic mass is 79.9. The molecule has 0 N–H and O–H groups in total. The fourth-order valence-electron chi connectivity index (χ4n) is 2.16. The maximum absolute atomic E-state index is 12.7. The Balaban J connectivity index is 2.24. The predicted molar refractivity (Wildman–Crippen MR) is 73.7 cm³/mol. The molecule has 2 heterocycles. The van der Waals surface area contributed by atoms with Crippen LogP contribution in [0.2, 0.25) is 0 Å². The van der Waals surface area contributed by atoms with Crippen molar-refractivity contribution in [3.63, 3.8) is 0 Å². The van der Waals surface area contributed by atoms with Gasteiger partial charge in [0.1, 0.15) is 3.79 Å². The molecule has 1 aromatic rings. The Morgan fingerprint density at radius 3 is 2.21 bits per heavy atom. The minimum atomic E-state index is -4.41. The largest absolute Gasteiger partial charge is 0.435 e. The second kappa shape index (κ2) is 5.21. The summed E-state index contributed by atoms with van der Waals surface area (Å²) < 4.78 is 38.2. The van der Waals surface area contributed by atoms with Gasteiger partial charge in [-0.3, -0.25) is 4.90 Å². The van der Waals surface area contributed by atoms with E-state index in [4.69, 9.17) is 0 Å². The topological polar surface area (TPSA) is 19.4 Å². The van der Waals surface area contributed by atoms with E-state index in [-0.39, 0.29) is 3.79 Å². The van der Waals surface area contributed by atoms with Crippen LogP contribution in [0.1, 0.15) is 19.5 Å². The van der Waals surface area contributed by atoms with Gasteiger partial charge in [-0.2, -0.15) is 13.2 Å². The summed E-state index contributed by atoms with van der Waals surface area (Å²) in [6, 6.07) is 0.585. The molecule has 19 heavy (non-hydrogen) atoms. The van der Waals surface area contributed by atoms with Crippen molar-refractivity contribution in [3.05, 3.63) is 9.48 Å². The lowest BCUT2D eigenvalue weighted by molar-refractivity contribution is -0.141. The molecular weight excluding hydrogens is 343 g/mol. The van der Waals surface area contributed by atoms with E-state index in [9.17, 15) is 13.2 Å². The fraction of sp³-hybridized carbons (Fsp3) is 0.727. The molecule has 0 bridgehead atoms. The summed E-state index contributed by atoms with van der Waals surface area (Å²) in [6.07, 6.45) is -4.41. The lowest BCUT2D eigenvalue weighted by Crippen LogP contribution is -2.55. The molecule has 1 saturated heterocycles. The number of halogens is 4. The summed E-state index contributed by atoms with van der Waals surface area (Å²) in [7, 11) is 2.03. The Labute approximate surface area is 122 Å². The normalized spacial score (nSPS) is 25.9. The van der Waals surface area contributed by atoms with Gasteiger partial charge in [0, 0.05) is 25.2 Å². The zero-order valence-corrected chi connectivity index (χ0v) is 13.2. The molecule has 0 amide bonds. The van der Waals surface area contributed by atoms with Crippen molar-refractivity contribution < 1.29 is 13.2 Å². The van der Waals surface area contributed by atoms with Crippen molar-refractivity contribution in [2.24, 2.45) is 0 Å². The van der Waals surface area contributed by atoms with Crippen LogP contribution in [0.25, 0.3) is 0 Å². The lowest BCUT2D eigenvalue weighted by atomic mass is 10.1. The van der Waals surface area contributed by atoms with Gasteiger partial charge < -0.3 is 4.90 Å². The highest BCUT2D eigenvalue weighted by molar-refractivity contribution is 9.11. The van der Waals surface area contributed by atoms with E-state index in [2.05, 4.69) is 39.7 Å². The van der Waals surface area contributed by atoms with Gasteiger partial charge in [-0.25, -0.2) is 4.98 Å². The first kappa shape index (κ1) is 15.1. The molecule has 0 aromatic carbocycles. The molecule has 1 aliphatic rings. The van der Waals surface area contributed by atoms with E-state index in [0.29, 0.717) is 30.3 Å². The van der Waals surface area contributed by atoms with Crippen molar-refractivity contribution >= 4 is 32.4 Å². The van der Waals surface area contributed by atoms with Crippen LogP contribution in [-0.2, 0) is 6.18 Å². The van der Waals surface area contributed by atoms with Gasteiger partial charge in [-0.05, 0) is 36.8 Å². The van der Waals surface area contributed by atoms with Crippen LogP contribution in [0.15, 0.2) is 3.79 Å². The van der Waals surface area contributed by atoms with Crippen LogP contribution in [0.4, 0.5) is 18.3 Å². The third kappa shape index (κ3) is 3.05. The molecule has 108 valence electrons. The Hall–Kier alpha value is -0.340. The van der Waals surface area contributed by atoms with Gasteiger partial charge in [0.2, 0.25) is 0 Å². The summed E-state index contributed by atoms with van der Waals surface area (Å²) >= 11 is 4.01. The van der Waals surface area contributed by atoms with Crippen LogP contribution in [-0.4, -0.2) is 42.1 Å². The lowest BCUT2D eigenvalue weighted by Gasteiger charge is -2.42. The van der Waals surface area contributed by atoms with Gasteiger partial charge in [0.25, 0.3) is 0 Å². The predicted octanol–water partition coefficient (Wildman–Crippen LogP) is 3.45. The van der Waals surface area contributed by atoms with Gasteiger partial charge in [-0.15, -0.1) is 0 Å². The second-order valence-electron chi connectivity index (χ2n) is 4.89. The Morgan fingerprint density at radius 2 is 1.79 bits per heavy atom. The van der Waals surface area contributed by atoms with Gasteiger partial charge in [-0.1, -0.05) is 11.3 Å². The number of nitrogens with zero attached hydrogens (tertiary/aromatic N) is 3. The SMILES string of the molecule is C[C@@H]1CN(c2nc(C(F)(F)F)c(Br)s2)C[C@H](C)N1C. The molecule has 0 spiro atoms. The number of anilines is 1. The Kier molecular flexibility index (Phi) is 4.13. The van der Waals surface area contributed by atoms with E-state index in [0.717, 1.165) is 11.3 Å². The molecule has 1 fully saturated rings. The van der Waals surface area contributed by atoms with Crippen molar-refractivity contribution in [2.45, 2.75) is 32.1 Å². The zero-order valence-electron chi connectivity index (χ0n) is 10.8. The van der Waals surface area contributed by atoms with E-state index in [1.54, 1.807) is 0 Å². The van der Waals surface area contributed by atoms with Crippen molar-refractivity contribution in [3.8, 4) is 0 Å². The second-order valence-corrected chi connectivity index (χ2v) is 7.18. The van der Waals surface area contributed by atoms with Crippen molar-refractivity contribution in [1.29, 1.82) is 0 Å². The average Bonchev–Trinajstić information content (AvgIpc) is 2.67. The molecule has 2 atom stereocenters. The summed E-state index contributed by atoms with van der Waals surface area (Å²) in [5.41, 5.74) is -0.827. The summed E-state index contributed by atoms with van der Waals surface area (Å²) in [5.74, 6) is 0. The first-order valence-electron chi connectivity index (χ1n) is 5.90. The monoisotopic (exact) mass is 357 g/mol. The maximum Gasteiger partial charge on any atom is 0.435 e. The molecule has 0 aliphatic carbocycles. The Morgan fingerprint density at radius 1 is 1.26 bits per heavy atom. The van der Waals surface area contributed by atoms with Gasteiger partial charge in [0.15, 0.2) is 10.8 Å². The van der Waals surface area contributed by atoms with Crippen LogP contribution in [0.5, 0.6) is 0 Å². The summed E-state index contributed by atoms with van der Waals surface area (Å²) in [6.45, 7) is 5.52. The number of thiazole rings is 1. The number of piperazine rings is 1. The first-order chi connectivity index (χ1) is 8.70. The van der Waals surface area contributed by atoms with E-state index >= 15 is 0 Å². The number of alkyl halides is 3. The molecular formula is C11H15BrF3N3S. The molecule has 8 heteroatoms. The van der Waals surface area contributed by atoms with Crippen molar-refractivity contribution in [1.82, 2.24) is 9.88 Å². The van der Waals surface area contributed by atoms with Crippen LogP contribution >= 0.6 is 27.3 Å². The molecule has 0 radical (unpaired) electrons. The average molecular weight is 358 g/mol. The third-order valence-corrected chi connectivity index (χ3v) is 5.24. The molecule has 0 unspecified atom stereocenters. The fourth-order valence-corrected chi connectivity index (χ4v) is 3.74. The van der Waals surface area contributed by atoms with Crippen LogP contribution < -0.4 is 4.90 Å². The zero-order chi connectivity index (χ0) is 14.4. The summed E-state index contributed by atoms with van der Waals surface area (Å²) in [4.78, 5) is 7.91. The smallest absolute Gasteiger partial charge is 0.345 e. The molecule has 0 saturated carbocycles.